The van der Waals surface area contributed by atoms with Gasteiger partial charge in [0, 0.05) is 25.2 Å². The van der Waals surface area contributed by atoms with Gasteiger partial charge in [-0.05, 0) is 52.0 Å². The number of hydrogen-bond donors (Lipinski definition) is 0. The van der Waals surface area contributed by atoms with Gasteiger partial charge >= 0.3 is 0 Å². The van der Waals surface area contributed by atoms with Gasteiger partial charge in [-0.25, -0.2) is 0 Å². The van der Waals surface area contributed by atoms with Crippen LogP contribution in [0.15, 0.2) is 48.5 Å². The molecule has 138 valence electrons. The van der Waals surface area contributed by atoms with Crippen LogP contribution >= 0.6 is 0 Å². The van der Waals surface area contributed by atoms with Crippen molar-refractivity contribution in [2.45, 2.75) is 39.8 Å². The van der Waals surface area contributed by atoms with Crippen LogP contribution in [0.1, 0.15) is 27.7 Å². The highest BCUT2D eigenvalue weighted by molar-refractivity contribution is 5.78. The summed E-state index contributed by atoms with van der Waals surface area (Å²) in [6.45, 7) is 13.2. The highest BCUT2D eigenvalue weighted by atomic mass is 15.4. The Morgan fingerprint density at radius 3 is 1.31 bits per heavy atom. The normalized spacial score (nSPS) is 16.1. The van der Waals surface area contributed by atoms with E-state index in [0.717, 1.165) is 26.4 Å². The van der Waals surface area contributed by atoms with E-state index in [9.17, 15) is 0 Å². The molecule has 0 fully saturated rings. The minimum absolute atomic E-state index is 0.519. The smallest absolute Gasteiger partial charge is 0.0907 e. The fourth-order valence-electron chi connectivity index (χ4n) is 4.13. The number of benzene rings is 2. The monoisotopic (exact) mass is 350 g/mol. The highest BCUT2D eigenvalue weighted by Gasteiger charge is 2.30. The second-order valence-corrected chi connectivity index (χ2v) is 7.91. The maximum absolute atomic E-state index is 2.52. The molecule has 0 atom stereocenters. The molecule has 4 heteroatoms. The lowest BCUT2D eigenvalue weighted by atomic mass is 10.2. The van der Waals surface area contributed by atoms with Gasteiger partial charge in [0.1, 0.15) is 0 Å². The average Bonchev–Trinajstić information content (AvgIpc) is 3.19. The van der Waals surface area contributed by atoms with Crippen molar-refractivity contribution in [3.63, 3.8) is 0 Å². The van der Waals surface area contributed by atoms with Gasteiger partial charge in [-0.3, -0.25) is 0 Å². The molecule has 2 aromatic carbocycles. The molecule has 0 spiro atoms. The lowest BCUT2D eigenvalue weighted by molar-refractivity contribution is 0.655. The highest BCUT2D eigenvalue weighted by Crippen LogP contribution is 2.39. The molecule has 2 heterocycles. The summed E-state index contributed by atoms with van der Waals surface area (Å²) in [5.41, 5.74) is 5.48. The number of rotatable bonds is 5. The van der Waals surface area contributed by atoms with E-state index >= 15 is 0 Å². The second kappa shape index (κ2) is 6.75. The third kappa shape index (κ3) is 2.87. The van der Waals surface area contributed by atoms with Crippen molar-refractivity contribution in [3.8, 4) is 0 Å². The SMILES string of the molecule is CC(C)N1CN(CCN2CN(C(C)C)c3ccccc32)c2ccccc21. The molecule has 0 radical (unpaired) electrons. The van der Waals surface area contributed by atoms with Gasteiger partial charge in [0.2, 0.25) is 0 Å². The predicted octanol–water partition coefficient (Wildman–Crippen LogP) is 4.37. The van der Waals surface area contributed by atoms with Gasteiger partial charge in [-0.1, -0.05) is 24.3 Å². The molecule has 26 heavy (non-hydrogen) atoms. The van der Waals surface area contributed by atoms with E-state index in [4.69, 9.17) is 0 Å². The predicted molar refractivity (Wildman–Crippen MR) is 113 cm³/mol. The fraction of sp³-hybridized carbons (Fsp3) is 0.455. The van der Waals surface area contributed by atoms with Crippen molar-refractivity contribution in [3.05, 3.63) is 48.5 Å². The van der Waals surface area contributed by atoms with Crippen molar-refractivity contribution in [1.82, 2.24) is 0 Å². The fourth-order valence-corrected chi connectivity index (χ4v) is 4.13. The van der Waals surface area contributed by atoms with E-state index in [0.29, 0.717) is 12.1 Å². The molecule has 4 nitrogen and oxygen atoms in total. The average molecular weight is 351 g/mol. The van der Waals surface area contributed by atoms with Crippen LogP contribution in [0.5, 0.6) is 0 Å². The molecule has 4 rings (SSSR count). The number of anilines is 4. The van der Waals surface area contributed by atoms with E-state index in [1.165, 1.54) is 22.7 Å². The van der Waals surface area contributed by atoms with Crippen LogP contribution in [-0.4, -0.2) is 38.5 Å². The summed E-state index contributed by atoms with van der Waals surface area (Å²) in [6, 6.07) is 18.7. The molecular weight excluding hydrogens is 320 g/mol. The third-order valence-corrected chi connectivity index (χ3v) is 5.60. The molecule has 0 saturated heterocycles. The summed E-state index contributed by atoms with van der Waals surface area (Å²) >= 11 is 0. The minimum atomic E-state index is 0.519. The molecule has 0 aliphatic carbocycles. The summed E-state index contributed by atoms with van der Waals surface area (Å²) in [5.74, 6) is 0. The minimum Gasteiger partial charge on any atom is -0.350 e. The van der Waals surface area contributed by atoms with Crippen molar-refractivity contribution < 1.29 is 0 Å². The zero-order valence-corrected chi connectivity index (χ0v) is 16.4. The first-order valence-electron chi connectivity index (χ1n) is 9.77. The van der Waals surface area contributed by atoms with E-state index in [1.54, 1.807) is 0 Å². The maximum Gasteiger partial charge on any atom is 0.0907 e. The lowest BCUT2D eigenvalue weighted by Crippen LogP contribution is -2.41. The van der Waals surface area contributed by atoms with Gasteiger partial charge in [0.15, 0.2) is 0 Å². The number of nitrogens with zero attached hydrogens (tertiary/aromatic N) is 4. The topological polar surface area (TPSA) is 13.0 Å². The van der Waals surface area contributed by atoms with Gasteiger partial charge in [-0.2, -0.15) is 0 Å². The van der Waals surface area contributed by atoms with E-state index in [-0.39, 0.29) is 0 Å². The Bertz CT molecular complexity index is 705. The van der Waals surface area contributed by atoms with Crippen LogP contribution in [0.3, 0.4) is 0 Å². The zero-order chi connectivity index (χ0) is 18.3. The molecule has 0 saturated carbocycles. The maximum atomic E-state index is 2.52. The van der Waals surface area contributed by atoms with E-state index in [2.05, 4.69) is 95.8 Å². The Labute approximate surface area is 157 Å². The van der Waals surface area contributed by atoms with Crippen molar-refractivity contribution in [1.29, 1.82) is 0 Å². The van der Waals surface area contributed by atoms with Gasteiger partial charge in [-0.15, -0.1) is 0 Å². The first-order chi connectivity index (χ1) is 12.6. The Morgan fingerprint density at radius 1 is 0.615 bits per heavy atom. The molecule has 0 unspecified atom stereocenters. The van der Waals surface area contributed by atoms with E-state index < -0.39 is 0 Å². The van der Waals surface area contributed by atoms with Crippen molar-refractivity contribution in [2.24, 2.45) is 0 Å². The van der Waals surface area contributed by atoms with Crippen LogP contribution in [-0.2, 0) is 0 Å². The summed E-state index contributed by atoms with van der Waals surface area (Å²) in [7, 11) is 0. The van der Waals surface area contributed by atoms with Crippen LogP contribution in [0.4, 0.5) is 22.7 Å². The molecule has 2 aliphatic heterocycles. The Kier molecular flexibility index (Phi) is 4.43. The summed E-state index contributed by atoms with van der Waals surface area (Å²) < 4.78 is 0. The first kappa shape index (κ1) is 17.1. The molecule has 0 amide bonds. The summed E-state index contributed by atoms with van der Waals surface area (Å²) in [5, 5.41) is 0. The molecular formula is C22H30N4. The lowest BCUT2D eigenvalue weighted by Gasteiger charge is -2.28. The molecule has 0 N–H and O–H groups in total. The van der Waals surface area contributed by atoms with Gasteiger partial charge < -0.3 is 19.6 Å². The van der Waals surface area contributed by atoms with Crippen LogP contribution in [0, 0.1) is 0 Å². The Hall–Kier alpha value is -2.36. The quantitative estimate of drug-likeness (QED) is 0.794. The standard InChI is InChI=1S/C22H30N4/c1-17(2)25-15-23(19-9-5-7-11-21(19)25)13-14-24-16-26(18(3)4)22-12-8-6-10-20(22)24/h5-12,17-18H,13-16H2,1-4H3. The molecule has 0 bridgehead atoms. The molecule has 0 aromatic heterocycles. The zero-order valence-electron chi connectivity index (χ0n) is 16.4. The summed E-state index contributed by atoms with van der Waals surface area (Å²) in [6.07, 6.45) is 0. The summed E-state index contributed by atoms with van der Waals surface area (Å²) in [4.78, 5) is 10.0. The largest absolute Gasteiger partial charge is 0.350 e. The first-order valence-corrected chi connectivity index (χ1v) is 9.77. The number of fused-ring (bicyclic) bond motifs is 2. The molecule has 2 aliphatic rings. The Morgan fingerprint density at radius 2 is 0.962 bits per heavy atom. The Balaban J connectivity index is 1.50. The van der Waals surface area contributed by atoms with Crippen LogP contribution in [0.25, 0.3) is 0 Å². The second-order valence-electron chi connectivity index (χ2n) is 7.91. The van der Waals surface area contributed by atoms with Gasteiger partial charge in [0.05, 0.1) is 36.1 Å². The van der Waals surface area contributed by atoms with Crippen molar-refractivity contribution in [2.75, 3.05) is 46.0 Å². The number of hydrogen-bond acceptors (Lipinski definition) is 4. The van der Waals surface area contributed by atoms with E-state index in [1.807, 2.05) is 0 Å². The van der Waals surface area contributed by atoms with Crippen molar-refractivity contribution >= 4 is 22.7 Å². The van der Waals surface area contributed by atoms with Gasteiger partial charge in [0.25, 0.3) is 0 Å². The molecule has 2 aromatic rings. The third-order valence-electron chi connectivity index (χ3n) is 5.60. The number of para-hydroxylation sites is 4. The van der Waals surface area contributed by atoms with Crippen LogP contribution in [0.2, 0.25) is 0 Å². The van der Waals surface area contributed by atoms with Crippen LogP contribution < -0.4 is 19.6 Å².